The van der Waals surface area contributed by atoms with Crippen LogP contribution in [0.4, 0.5) is 11.4 Å². The molecule has 1 atom stereocenters. The van der Waals surface area contributed by atoms with Crippen molar-refractivity contribution in [1.29, 1.82) is 0 Å². The van der Waals surface area contributed by atoms with Gasteiger partial charge in [-0.2, -0.15) is 0 Å². The Morgan fingerprint density at radius 1 is 1.17 bits per heavy atom. The van der Waals surface area contributed by atoms with E-state index in [2.05, 4.69) is 10.2 Å². The highest BCUT2D eigenvalue weighted by Crippen LogP contribution is 2.29. The third kappa shape index (κ3) is 4.11. The molecule has 2 aliphatic heterocycles. The molecule has 0 unspecified atom stereocenters. The molecule has 0 aliphatic carbocycles. The molecule has 2 amide bonds. The summed E-state index contributed by atoms with van der Waals surface area (Å²) in [5, 5.41) is 3.31. The van der Waals surface area contributed by atoms with Gasteiger partial charge in [-0.3, -0.25) is 14.4 Å². The van der Waals surface area contributed by atoms with Crippen LogP contribution in [-0.2, 0) is 20.8 Å². The van der Waals surface area contributed by atoms with Gasteiger partial charge in [-0.05, 0) is 36.8 Å². The molecule has 4 rings (SSSR count). The minimum atomic E-state index is -0.697. The first-order valence-electron chi connectivity index (χ1n) is 9.90. The maximum atomic E-state index is 12.8. The van der Waals surface area contributed by atoms with E-state index in [0.717, 1.165) is 17.7 Å². The fourth-order valence-electron chi connectivity index (χ4n) is 3.86. The fraction of sp³-hybridized carbons (Fsp3) is 0.318. The minimum Gasteiger partial charge on any atom is -0.426 e. The van der Waals surface area contributed by atoms with Crippen molar-refractivity contribution in [3.8, 4) is 5.75 Å². The van der Waals surface area contributed by atoms with E-state index in [1.807, 2.05) is 31.2 Å². The molecule has 0 radical (unpaired) electrons. The van der Waals surface area contributed by atoms with Crippen molar-refractivity contribution in [3.05, 3.63) is 53.1 Å². The number of nitrogens with zero attached hydrogens (tertiary/aromatic N) is 2. The predicted molar refractivity (Wildman–Crippen MR) is 114 cm³/mol. The maximum Gasteiger partial charge on any atom is 0.315 e. The largest absolute Gasteiger partial charge is 0.426 e. The molecule has 2 aromatic carbocycles. The molecule has 8 heteroatoms. The number of hydrogen-bond donors (Lipinski definition) is 1. The summed E-state index contributed by atoms with van der Waals surface area (Å²) in [5.41, 5.74) is 2.24. The number of carbonyl (C=O) groups is 3. The van der Waals surface area contributed by atoms with Crippen molar-refractivity contribution in [3.63, 3.8) is 0 Å². The lowest BCUT2D eigenvalue weighted by Gasteiger charge is -2.41. The molecule has 2 aromatic rings. The third-order valence-electron chi connectivity index (χ3n) is 5.48. The van der Waals surface area contributed by atoms with Gasteiger partial charge in [-0.1, -0.05) is 24.6 Å². The summed E-state index contributed by atoms with van der Waals surface area (Å²) in [6.45, 7) is 3.73. The SMILES string of the molecule is CC[C@@H]1CN(c2ccc(Cl)cc2)CCN1C(=O)C(=O)Nc1ccc2c(c1)OC(=O)C2. The monoisotopic (exact) mass is 427 g/mol. The van der Waals surface area contributed by atoms with E-state index in [9.17, 15) is 14.4 Å². The molecule has 1 fully saturated rings. The summed E-state index contributed by atoms with van der Waals surface area (Å²) >= 11 is 5.97. The van der Waals surface area contributed by atoms with E-state index < -0.39 is 11.8 Å². The molecular formula is C22H22ClN3O4. The van der Waals surface area contributed by atoms with E-state index in [-0.39, 0.29) is 18.4 Å². The molecule has 0 saturated carbocycles. The smallest absolute Gasteiger partial charge is 0.315 e. The van der Waals surface area contributed by atoms with E-state index in [4.69, 9.17) is 16.3 Å². The van der Waals surface area contributed by atoms with Crippen LogP contribution in [0.5, 0.6) is 5.75 Å². The van der Waals surface area contributed by atoms with Gasteiger partial charge in [0.25, 0.3) is 0 Å². The third-order valence-corrected chi connectivity index (χ3v) is 5.74. The first kappa shape index (κ1) is 20.2. The molecule has 156 valence electrons. The molecule has 7 nitrogen and oxygen atoms in total. The Balaban J connectivity index is 1.41. The van der Waals surface area contributed by atoms with E-state index in [1.165, 1.54) is 0 Å². The second-order valence-electron chi connectivity index (χ2n) is 7.41. The summed E-state index contributed by atoms with van der Waals surface area (Å²) in [4.78, 5) is 40.6. The lowest BCUT2D eigenvalue weighted by Crippen LogP contribution is -2.57. The minimum absolute atomic E-state index is 0.0753. The number of fused-ring (bicyclic) bond motifs is 1. The second kappa shape index (κ2) is 8.36. The Hall–Kier alpha value is -3.06. The summed E-state index contributed by atoms with van der Waals surface area (Å²) in [7, 11) is 0. The zero-order chi connectivity index (χ0) is 21.3. The van der Waals surface area contributed by atoms with Gasteiger partial charge in [0.15, 0.2) is 0 Å². The zero-order valence-corrected chi connectivity index (χ0v) is 17.3. The number of rotatable bonds is 3. The van der Waals surface area contributed by atoms with E-state index in [1.54, 1.807) is 23.1 Å². The summed E-state index contributed by atoms with van der Waals surface area (Å²) in [6.07, 6.45) is 0.955. The van der Waals surface area contributed by atoms with Crippen LogP contribution in [0.25, 0.3) is 0 Å². The van der Waals surface area contributed by atoms with E-state index in [0.29, 0.717) is 36.1 Å². The standard InChI is InChI=1S/C22H22ClN3O4/c1-2-17-13-25(18-7-4-15(23)5-8-18)9-10-26(17)22(29)21(28)24-16-6-3-14-11-20(27)30-19(14)12-16/h3-8,12,17H,2,9-11,13H2,1H3,(H,24,28)/t17-/m1/s1. The van der Waals surface area contributed by atoms with Crippen LogP contribution >= 0.6 is 11.6 Å². The number of ether oxygens (including phenoxy) is 1. The average molecular weight is 428 g/mol. The molecule has 0 aromatic heterocycles. The molecule has 2 heterocycles. The highest BCUT2D eigenvalue weighted by atomic mass is 35.5. The number of carbonyl (C=O) groups excluding carboxylic acids is 3. The topological polar surface area (TPSA) is 79.0 Å². The summed E-state index contributed by atoms with van der Waals surface area (Å²) in [5.74, 6) is -1.16. The van der Waals surface area contributed by atoms with Gasteiger partial charge in [0, 0.05) is 53.7 Å². The number of piperazine rings is 1. The molecule has 2 aliphatic rings. The molecule has 0 bridgehead atoms. The Morgan fingerprint density at radius 3 is 2.67 bits per heavy atom. The van der Waals surface area contributed by atoms with Gasteiger partial charge in [0.2, 0.25) is 0 Å². The number of benzene rings is 2. The normalized spacial score (nSPS) is 18.1. The van der Waals surface area contributed by atoms with Crippen molar-refractivity contribution in [1.82, 2.24) is 4.90 Å². The molecular weight excluding hydrogens is 406 g/mol. The first-order chi connectivity index (χ1) is 14.4. The second-order valence-corrected chi connectivity index (χ2v) is 7.85. The Kier molecular flexibility index (Phi) is 5.63. The number of halogens is 1. The fourth-order valence-corrected chi connectivity index (χ4v) is 3.99. The van der Waals surface area contributed by atoms with Crippen molar-refractivity contribution in [2.75, 3.05) is 29.9 Å². The van der Waals surface area contributed by atoms with Crippen LogP contribution in [0, 0.1) is 0 Å². The van der Waals surface area contributed by atoms with Crippen LogP contribution in [0.3, 0.4) is 0 Å². The van der Waals surface area contributed by atoms with Gasteiger partial charge in [0.05, 0.1) is 6.42 Å². The molecule has 30 heavy (non-hydrogen) atoms. The average Bonchev–Trinajstić information content (AvgIpc) is 3.12. The van der Waals surface area contributed by atoms with Crippen LogP contribution in [0.2, 0.25) is 5.02 Å². The van der Waals surface area contributed by atoms with Gasteiger partial charge >= 0.3 is 17.8 Å². The van der Waals surface area contributed by atoms with Gasteiger partial charge in [-0.25, -0.2) is 0 Å². The highest BCUT2D eigenvalue weighted by Gasteiger charge is 2.33. The Labute approximate surface area is 179 Å². The zero-order valence-electron chi connectivity index (χ0n) is 16.6. The number of esters is 1. The lowest BCUT2D eigenvalue weighted by atomic mass is 10.1. The van der Waals surface area contributed by atoms with Gasteiger partial charge < -0.3 is 19.9 Å². The lowest BCUT2D eigenvalue weighted by molar-refractivity contribution is -0.145. The van der Waals surface area contributed by atoms with Gasteiger partial charge in [-0.15, -0.1) is 0 Å². The van der Waals surface area contributed by atoms with Crippen LogP contribution in [0.1, 0.15) is 18.9 Å². The number of amides is 2. The predicted octanol–water partition coefficient (Wildman–Crippen LogP) is 2.87. The molecule has 0 spiro atoms. The Bertz CT molecular complexity index is 992. The molecule has 1 N–H and O–H groups in total. The van der Waals surface area contributed by atoms with Gasteiger partial charge in [0.1, 0.15) is 5.75 Å². The number of nitrogens with one attached hydrogen (secondary N) is 1. The van der Waals surface area contributed by atoms with Crippen molar-refractivity contribution < 1.29 is 19.1 Å². The molecule has 1 saturated heterocycles. The van der Waals surface area contributed by atoms with Crippen molar-refractivity contribution in [2.45, 2.75) is 25.8 Å². The van der Waals surface area contributed by atoms with Crippen LogP contribution in [-0.4, -0.2) is 48.4 Å². The van der Waals surface area contributed by atoms with Crippen LogP contribution in [0.15, 0.2) is 42.5 Å². The summed E-state index contributed by atoms with van der Waals surface area (Å²) in [6, 6.07) is 12.5. The maximum absolute atomic E-state index is 12.8. The van der Waals surface area contributed by atoms with Crippen molar-refractivity contribution >= 4 is 40.8 Å². The van der Waals surface area contributed by atoms with Crippen LogP contribution < -0.4 is 15.0 Å². The van der Waals surface area contributed by atoms with E-state index >= 15 is 0 Å². The first-order valence-corrected chi connectivity index (χ1v) is 10.3. The highest BCUT2D eigenvalue weighted by molar-refractivity contribution is 6.39. The Morgan fingerprint density at radius 2 is 1.93 bits per heavy atom. The summed E-state index contributed by atoms with van der Waals surface area (Å²) < 4.78 is 5.10. The number of anilines is 2. The quantitative estimate of drug-likeness (QED) is 0.463. The number of hydrogen-bond acceptors (Lipinski definition) is 5. The van der Waals surface area contributed by atoms with Crippen molar-refractivity contribution in [2.24, 2.45) is 0 Å².